The molecule has 0 heterocycles. The van der Waals surface area contributed by atoms with Crippen LogP contribution in [0.5, 0.6) is 0 Å². The van der Waals surface area contributed by atoms with Gasteiger partial charge in [0.15, 0.2) is 0 Å². The maximum Gasteiger partial charge on any atom is 0.311 e. The van der Waals surface area contributed by atoms with E-state index in [9.17, 15) is 19.4 Å². The Balaban J connectivity index is 2.06. The van der Waals surface area contributed by atoms with E-state index in [0.717, 1.165) is 11.1 Å². The zero-order valence-electron chi connectivity index (χ0n) is 13.6. The lowest BCUT2D eigenvalue weighted by atomic mass is 9.83. The molecule has 0 radical (unpaired) electrons. The third kappa shape index (κ3) is 4.19. The maximum atomic E-state index is 13.8. The molecule has 4 nitrogen and oxygen atoms in total. The van der Waals surface area contributed by atoms with Gasteiger partial charge >= 0.3 is 5.97 Å². The lowest BCUT2D eigenvalue weighted by molar-refractivity contribution is -0.151. The molecule has 0 aliphatic heterocycles. The van der Waals surface area contributed by atoms with Crippen LogP contribution in [0, 0.1) is 11.2 Å². The first-order chi connectivity index (χ1) is 11.4. The van der Waals surface area contributed by atoms with E-state index in [4.69, 9.17) is 5.73 Å². The van der Waals surface area contributed by atoms with Gasteiger partial charge in [0.25, 0.3) is 0 Å². The number of carboxylic acids is 1. The third-order valence-corrected chi connectivity index (χ3v) is 4.21. The lowest BCUT2D eigenvalue weighted by Crippen LogP contribution is -2.39. The highest BCUT2D eigenvalue weighted by Gasteiger charge is 2.34. The van der Waals surface area contributed by atoms with Crippen LogP contribution >= 0.6 is 0 Å². The van der Waals surface area contributed by atoms with Crippen LogP contribution in [-0.4, -0.2) is 28.8 Å². The molecule has 128 valence electrons. The van der Waals surface area contributed by atoms with Crippen LogP contribution in [0.3, 0.4) is 0 Å². The molecule has 5 heteroatoms. The molecule has 1 unspecified atom stereocenters. The first-order valence-electron chi connectivity index (χ1n) is 7.79. The van der Waals surface area contributed by atoms with Crippen LogP contribution < -0.4 is 5.73 Å². The van der Waals surface area contributed by atoms with E-state index in [2.05, 4.69) is 0 Å². The molecule has 0 fully saturated rings. The predicted octanol–water partition coefficient (Wildman–Crippen LogP) is 2.84. The molecule has 0 aliphatic carbocycles. The number of nitrogens with two attached hydrogens (primary N) is 1. The van der Waals surface area contributed by atoms with E-state index >= 15 is 0 Å². The van der Waals surface area contributed by atoms with Gasteiger partial charge in [0.2, 0.25) is 0 Å². The molecule has 2 rings (SSSR count). The van der Waals surface area contributed by atoms with E-state index in [1.165, 1.54) is 13.0 Å². The van der Waals surface area contributed by atoms with Gasteiger partial charge in [-0.15, -0.1) is 0 Å². The summed E-state index contributed by atoms with van der Waals surface area (Å²) >= 11 is 0. The number of hydrogen-bond acceptors (Lipinski definition) is 3. The van der Waals surface area contributed by atoms with E-state index in [1.807, 2.05) is 24.3 Å². The molecule has 24 heavy (non-hydrogen) atoms. The summed E-state index contributed by atoms with van der Waals surface area (Å²) in [6.45, 7) is 1.03. The minimum atomic E-state index is -1.24. The van der Waals surface area contributed by atoms with Crippen molar-refractivity contribution in [3.63, 3.8) is 0 Å². The summed E-state index contributed by atoms with van der Waals surface area (Å²) in [4.78, 5) is 11.2. The molecule has 2 atom stereocenters. The van der Waals surface area contributed by atoms with Crippen molar-refractivity contribution < 1.29 is 19.4 Å². The van der Waals surface area contributed by atoms with E-state index in [-0.39, 0.29) is 12.2 Å². The van der Waals surface area contributed by atoms with Crippen LogP contribution in [0.4, 0.5) is 4.39 Å². The summed E-state index contributed by atoms with van der Waals surface area (Å²) < 4.78 is 13.8. The Morgan fingerprint density at radius 1 is 1.21 bits per heavy atom. The summed E-state index contributed by atoms with van der Waals surface area (Å²) in [5.41, 5.74) is 7.05. The van der Waals surface area contributed by atoms with Crippen molar-refractivity contribution in [3.8, 4) is 11.1 Å². The lowest BCUT2D eigenvalue weighted by Gasteiger charge is -2.25. The van der Waals surface area contributed by atoms with Gasteiger partial charge in [-0.05, 0) is 37.0 Å². The second-order valence-electron chi connectivity index (χ2n) is 6.37. The van der Waals surface area contributed by atoms with Crippen LogP contribution in [0.25, 0.3) is 11.1 Å². The van der Waals surface area contributed by atoms with Crippen LogP contribution in [0.15, 0.2) is 48.5 Å². The second kappa shape index (κ2) is 7.55. The number of halogens is 1. The Morgan fingerprint density at radius 2 is 1.83 bits per heavy atom. The van der Waals surface area contributed by atoms with E-state index in [1.54, 1.807) is 18.2 Å². The minimum absolute atomic E-state index is 0.175. The topological polar surface area (TPSA) is 83.5 Å². The number of carboxylic acid groups (broad SMARTS) is 1. The van der Waals surface area contributed by atoms with E-state index < -0.39 is 24.0 Å². The fourth-order valence-electron chi connectivity index (χ4n) is 2.69. The molecule has 0 aromatic heterocycles. The van der Waals surface area contributed by atoms with Gasteiger partial charge in [-0.2, -0.15) is 0 Å². The number of aliphatic carboxylic acids is 1. The van der Waals surface area contributed by atoms with Crippen LogP contribution in [-0.2, 0) is 11.2 Å². The van der Waals surface area contributed by atoms with Crippen molar-refractivity contribution in [2.24, 2.45) is 11.1 Å². The summed E-state index contributed by atoms with van der Waals surface area (Å²) in [6.07, 6.45) is 0.661. The summed E-state index contributed by atoms with van der Waals surface area (Å²) in [7, 11) is 0. The zero-order chi connectivity index (χ0) is 17.7. The van der Waals surface area contributed by atoms with Crippen LogP contribution in [0.2, 0.25) is 0 Å². The standard InChI is InChI=1S/C19H22FNO3/c1-19(12-22,18(23)24)11-15(21)10-13-6-8-14(9-7-13)16-4-2-3-5-17(16)20/h2-9,15,22H,10-12,21H2,1H3,(H,23,24)/t15-,19?/m1/s1. The molecule has 4 N–H and O–H groups in total. The molecular formula is C19H22FNO3. The molecule has 0 bridgehead atoms. The fraction of sp³-hybridized carbons (Fsp3) is 0.316. The molecule has 0 amide bonds. The van der Waals surface area contributed by atoms with Crippen LogP contribution in [0.1, 0.15) is 18.9 Å². The van der Waals surface area contributed by atoms with Crippen molar-refractivity contribution in [2.75, 3.05) is 6.61 Å². The first-order valence-corrected chi connectivity index (χ1v) is 7.79. The second-order valence-corrected chi connectivity index (χ2v) is 6.37. The van der Waals surface area contributed by atoms with Crippen molar-refractivity contribution in [1.82, 2.24) is 0 Å². The smallest absolute Gasteiger partial charge is 0.311 e. The maximum absolute atomic E-state index is 13.8. The molecule has 0 spiro atoms. The van der Waals surface area contributed by atoms with Crippen molar-refractivity contribution in [3.05, 3.63) is 59.9 Å². The Labute approximate surface area is 140 Å². The molecule has 0 saturated carbocycles. The Hall–Kier alpha value is -2.24. The number of benzene rings is 2. The summed E-state index contributed by atoms with van der Waals surface area (Å²) in [5, 5.41) is 18.5. The Bertz CT molecular complexity index is 702. The van der Waals surface area contributed by atoms with Gasteiger partial charge in [-0.3, -0.25) is 4.79 Å². The van der Waals surface area contributed by atoms with Crippen molar-refractivity contribution in [2.45, 2.75) is 25.8 Å². The fourth-order valence-corrected chi connectivity index (χ4v) is 2.69. The molecule has 0 aliphatic rings. The third-order valence-electron chi connectivity index (χ3n) is 4.21. The number of rotatable bonds is 7. The average Bonchev–Trinajstić information content (AvgIpc) is 2.55. The largest absolute Gasteiger partial charge is 0.481 e. The monoisotopic (exact) mass is 331 g/mol. The summed E-state index contributed by atoms with van der Waals surface area (Å²) in [5.74, 6) is -1.34. The molecular weight excluding hydrogens is 309 g/mol. The SMILES string of the molecule is CC(CO)(C[C@H](N)Cc1ccc(-c2ccccc2F)cc1)C(=O)O. The van der Waals surface area contributed by atoms with Crippen molar-refractivity contribution >= 4 is 5.97 Å². The van der Waals surface area contributed by atoms with Gasteiger partial charge in [-0.1, -0.05) is 42.5 Å². The van der Waals surface area contributed by atoms with Gasteiger partial charge in [0.05, 0.1) is 12.0 Å². The molecule has 2 aromatic rings. The number of carbonyl (C=O) groups is 1. The quantitative estimate of drug-likeness (QED) is 0.728. The highest BCUT2D eigenvalue weighted by Crippen LogP contribution is 2.25. The predicted molar refractivity (Wildman–Crippen MR) is 91.0 cm³/mol. The Morgan fingerprint density at radius 3 is 2.38 bits per heavy atom. The number of hydrogen-bond donors (Lipinski definition) is 3. The molecule has 0 saturated heterocycles. The Kier molecular flexibility index (Phi) is 5.70. The van der Waals surface area contributed by atoms with Crippen molar-refractivity contribution in [1.29, 1.82) is 0 Å². The molecule has 2 aromatic carbocycles. The van der Waals surface area contributed by atoms with Gasteiger partial charge < -0.3 is 15.9 Å². The minimum Gasteiger partial charge on any atom is -0.481 e. The van der Waals surface area contributed by atoms with E-state index in [0.29, 0.717) is 12.0 Å². The van der Waals surface area contributed by atoms with Gasteiger partial charge in [-0.25, -0.2) is 4.39 Å². The number of aliphatic hydroxyl groups is 1. The highest BCUT2D eigenvalue weighted by atomic mass is 19.1. The normalized spacial score (nSPS) is 14.8. The van der Waals surface area contributed by atoms with Gasteiger partial charge in [0, 0.05) is 11.6 Å². The van der Waals surface area contributed by atoms with Gasteiger partial charge in [0.1, 0.15) is 5.82 Å². The average molecular weight is 331 g/mol. The zero-order valence-corrected chi connectivity index (χ0v) is 13.6. The number of aliphatic hydroxyl groups excluding tert-OH is 1. The highest BCUT2D eigenvalue weighted by molar-refractivity contribution is 5.74. The first kappa shape index (κ1) is 18.1. The summed E-state index contributed by atoms with van der Waals surface area (Å²) in [6, 6.07) is 13.5.